The zero-order chi connectivity index (χ0) is 19.4. The van der Waals surface area contributed by atoms with Gasteiger partial charge in [0.1, 0.15) is 0 Å². The summed E-state index contributed by atoms with van der Waals surface area (Å²) in [5, 5.41) is 3.25. The minimum absolute atomic E-state index is 0.0266. The minimum Gasteiger partial charge on any atom is -0.351 e. The third-order valence-corrected chi connectivity index (χ3v) is 7.04. The van der Waals surface area contributed by atoms with Gasteiger partial charge in [-0.1, -0.05) is 23.7 Å². The topological polar surface area (TPSA) is 86.8 Å². The van der Waals surface area contributed by atoms with Gasteiger partial charge in [0.2, 0.25) is 5.91 Å². The van der Waals surface area contributed by atoms with Crippen LogP contribution in [-0.2, 0) is 14.6 Å². The van der Waals surface area contributed by atoms with Gasteiger partial charge in [-0.2, -0.15) is 0 Å². The molecule has 1 aromatic carbocycles. The number of hydrogen-bond donors (Lipinski definition) is 1. The smallest absolute Gasteiger partial charge is 0.255 e. The van der Waals surface area contributed by atoms with E-state index in [0.717, 1.165) is 6.42 Å². The van der Waals surface area contributed by atoms with E-state index in [1.165, 1.54) is 0 Å². The van der Waals surface area contributed by atoms with E-state index in [2.05, 4.69) is 5.32 Å². The molecule has 0 bridgehead atoms. The highest BCUT2D eigenvalue weighted by Gasteiger charge is 2.29. The molecule has 0 spiro atoms. The predicted octanol–water partition coefficient (Wildman–Crippen LogP) is 0.791. The summed E-state index contributed by atoms with van der Waals surface area (Å²) >= 11 is 6.12. The van der Waals surface area contributed by atoms with Crippen molar-refractivity contribution < 1.29 is 18.0 Å². The summed E-state index contributed by atoms with van der Waals surface area (Å²) < 4.78 is 23.0. The van der Waals surface area contributed by atoms with Crippen LogP contribution in [0.5, 0.6) is 0 Å². The molecule has 9 heteroatoms. The minimum atomic E-state index is -3.01. The Morgan fingerprint density at radius 1 is 1.15 bits per heavy atom. The number of hydrogen-bond acceptors (Lipinski definition) is 5. The van der Waals surface area contributed by atoms with Gasteiger partial charge in [0.05, 0.1) is 28.6 Å². The molecule has 148 valence electrons. The Hall–Kier alpha value is -1.64. The van der Waals surface area contributed by atoms with Gasteiger partial charge >= 0.3 is 0 Å². The summed E-state index contributed by atoms with van der Waals surface area (Å²) in [6, 6.07) is 6.71. The Balaban J connectivity index is 1.50. The fourth-order valence-corrected chi connectivity index (χ4v) is 5.41. The van der Waals surface area contributed by atoms with Gasteiger partial charge in [-0.15, -0.1) is 0 Å². The van der Waals surface area contributed by atoms with Gasteiger partial charge < -0.3 is 10.2 Å². The van der Waals surface area contributed by atoms with Crippen LogP contribution in [0.1, 0.15) is 23.2 Å². The van der Waals surface area contributed by atoms with Crippen molar-refractivity contribution >= 4 is 33.3 Å². The number of nitrogens with zero attached hydrogens (tertiary/aromatic N) is 2. The molecular weight excluding hydrogens is 390 g/mol. The van der Waals surface area contributed by atoms with E-state index < -0.39 is 9.84 Å². The number of carbonyl (C=O) groups is 2. The van der Waals surface area contributed by atoms with E-state index >= 15 is 0 Å². The molecule has 2 heterocycles. The summed E-state index contributed by atoms with van der Waals surface area (Å²) in [5.74, 6) is -0.0920. The van der Waals surface area contributed by atoms with Gasteiger partial charge in [-0.25, -0.2) is 8.42 Å². The lowest BCUT2D eigenvalue weighted by molar-refractivity contribution is -0.122. The molecule has 2 aliphatic heterocycles. The SMILES string of the molecule is O=C(CN1CCCN(C(=O)c2ccccc2Cl)CC1)NC1CCS(=O)(=O)C1. The first-order valence-corrected chi connectivity index (χ1v) is 11.3. The molecule has 2 amide bonds. The third-order valence-electron chi connectivity index (χ3n) is 4.94. The van der Waals surface area contributed by atoms with Crippen molar-refractivity contribution in [3.05, 3.63) is 34.9 Å². The Morgan fingerprint density at radius 2 is 1.93 bits per heavy atom. The quantitative estimate of drug-likeness (QED) is 0.788. The lowest BCUT2D eigenvalue weighted by atomic mass is 10.2. The van der Waals surface area contributed by atoms with Crippen LogP contribution in [-0.4, -0.2) is 80.3 Å². The van der Waals surface area contributed by atoms with Crippen molar-refractivity contribution in [1.82, 2.24) is 15.1 Å². The maximum absolute atomic E-state index is 12.7. The zero-order valence-corrected chi connectivity index (χ0v) is 16.6. The predicted molar refractivity (Wildman–Crippen MR) is 104 cm³/mol. The molecule has 0 aromatic heterocycles. The first-order valence-electron chi connectivity index (χ1n) is 9.10. The molecule has 2 aliphatic rings. The largest absolute Gasteiger partial charge is 0.351 e. The second-order valence-corrected chi connectivity index (χ2v) is 9.71. The molecule has 3 rings (SSSR count). The highest BCUT2D eigenvalue weighted by molar-refractivity contribution is 7.91. The number of amides is 2. The highest BCUT2D eigenvalue weighted by atomic mass is 35.5. The van der Waals surface area contributed by atoms with Crippen molar-refractivity contribution in [2.24, 2.45) is 0 Å². The van der Waals surface area contributed by atoms with Crippen LogP contribution in [0.2, 0.25) is 5.02 Å². The standard InChI is InChI=1S/C18H24ClN3O4S/c19-16-5-2-1-4-15(16)18(24)22-8-3-7-21(9-10-22)12-17(23)20-14-6-11-27(25,26)13-14/h1-2,4-5,14H,3,6-13H2,(H,20,23). The average molecular weight is 414 g/mol. The van der Waals surface area contributed by atoms with Gasteiger partial charge in [-0.05, 0) is 25.0 Å². The van der Waals surface area contributed by atoms with Crippen molar-refractivity contribution in [1.29, 1.82) is 0 Å². The van der Waals surface area contributed by atoms with Crippen molar-refractivity contribution in [2.75, 3.05) is 44.2 Å². The molecule has 27 heavy (non-hydrogen) atoms. The van der Waals surface area contributed by atoms with E-state index in [1.807, 2.05) is 4.90 Å². The van der Waals surface area contributed by atoms with Crippen LogP contribution in [0.15, 0.2) is 24.3 Å². The Kier molecular flexibility index (Phi) is 6.39. The lowest BCUT2D eigenvalue weighted by Gasteiger charge is -2.22. The molecule has 2 saturated heterocycles. The van der Waals surface area contributed by atoms with Crippen LogP contribution in [0.3, 0.4) is 0 Å². The fraction of sp³-hybridized carbons (Fsp3) is 0.556. The normalized spacial score (nSPS) is 23.0. The summed E-state index contributed by atoms with van der Waals surface area (Å²) in [6.45, 7) is 2.65. The number of sulfone groups is 1. The van der Waals surface area contributed by atoms with Gasteiger partial charge in [0.25, 0.3) is 5.91 Å². The first kappa shape index (κ1) is 20.1. The van der Waals surface area contributed by atoms with E-state index in [9.17, 15) is 18.0 Å². The molecule has 0 aliphatic carbocycles. The lowest BCUT2D eigenvalue weighted by Crippen LogP contribution is -2.43. The number of carbonyl (C=O) groups excluding carboxylic acids is 2. The number of benzene rings is 1. The van der Waals surface area contributed by atoms with Crippen LogP contribution >= 0.6 is 11.6 Å². The summed E-state index contributed by atoms with van der Waals surface area (Å²) in [7, 11) is -3.01. The van der Waals surface area contributed by atoms with E-state index in [-0.39, 0.29) is 35.9 Å². The molecule has 0 radical (unpaired) electrons. The Bertz CT molecular complexity index is 815. The molecule has 7 nitrogen and oxygen atoms in total. The zero-order valence-electron chi connectivity index (χ0n) is 15.1. The molecule has 2 fully saturated rings. The van der Waals surface area contributed by atoms with Gasteiger partial charge in [0, 0.05) is 32.2 Å². The van der Waals surface area contributed by atoms with Crippen LogP contribution in [0.25, 0.3) is 0 Å². The summed E-state index contributed by atoms with van der Waals surface area (Å²) in [4.78, 5) is 28.7. The molecule has 1 N–H and O–H groups in total. The molecule has 0 saturated carbocycles. The van der Waals surface area contributed by atoms with E-state index in [1.54, 1.807) is 29.2 Å². The Morgan fingerprint density at radius 3 is 2.63 bits per heavy atom. The fourth-order valence-electron chi connectivity index (χ4n) is 3.52. The molecule has 1 unspecified atom stereocenters. The van der Waals surface area contributed by atoms with Gasteiger partial charge in [-0.3, -0.25) is 14.5 Å². The average Bonchev–Trinajstić information content (AvgIpc) is 2.81. The second-order valence-electron chi connectivity index (χ2n) is 7.07. The Labute approximate surface area is 164 Å². The van der Waals surface area contributed by atoms with Crippen molar-refractivity contribution in [3.8, 4) is 0 Å². The maximum atomic E-state index is 12.7. The number of rotatable bonds is 4. The summed E-state index contributed by atoms with van der Waals surface area (Å²) in [5.41, 5.74) is 0.493. The first-order chi connectivity index (χ1) is 12.8. The van der Waals surface area contributed by atoms with Crippen LogP contribution in [0.4, 0.5) is 0 Å². The number of nitrogens with one attached hydrogen (secondary N) is 1. The molecular formula is C18H24ClN3O4S. The van der Waals surface area contributed by atoms with Crippen LogP contribution < -0.4 is 5.32 Å². The van der Waals surface area contributed by atoms with Crippen LogP contribution in [0, 0.1) is 0 Å². The molecule has 1 atom stereocenters. The number of halogens is 1. The second kappa shape index (κ2) is 8.58. The third kappa shape index (κ3) is 5.43. The highest BCUT2D eigenvalue weighted by Crippen LogP contribution is 2.18. The van der Waals surface area contributed by atoms with Gasteiger partial charge in [0.15, 0.2) is 9.84 Å². The maximum Gasteiger partial charge on any atom is 0.255 e. The molecule has 1 aromatic rings. The van der Waals surface area contributed by atoms with E-state index in [0.29, 0.717) is 43.2 Å². The van der Waals surface area contributed by atoms with Crippen molar-refractivity contribution in [3.63, 3.8) is 0 Å². The van der Waals surface area contributed by atoms with Crippen molar-refractivity contribution in [2.45, 2.75) is 18.9 Å². The van der Waals surface area contributed by atoms with E-state index in [4.69, 9.17) is 11.6 Å². The summed E-state index contributed by atoms with van der Waals surface area (Å²) in [6.07, 6.45) is 1.25. The monoisotopic (exact) mass is 413 g/mol.